The molecule has 0 amide bonds. The van der Waals surface area contributed by atoms with Crippen molar-refractivity contribution in [2.24, 2.45) is 4.99 Å². The number of aryl methyl sites for hydroxylation is 1. The van der Waals surface area contributed by atoms with E-state index in [2.05, 4.69) is 11.4 Å². The second kappa shape index (κ2) is 7.80. The van der Waals surface area contributed by atoms with Crippen LogP contribution in [0.5, 0.6) is 5.75 Å². The first-order valence-corrected chi connectivity index (χ1v) is 9.52. The second-order valence-electron chi connectivity index (χ2n) is 7.18. The highest BCUT2D eigenvalue weighted by Gasteiger charge is 2.25. The second-order valence-corrected chi connectivity index (χ2v) is 7.18. The molecule has 1 atom stereocenters. The van der Waals surface area contributed by atoms with Crippen LogP contribution in [0.1, 0.15) is 30.2 Å². The van der Waals surface area contributed by atoms with Crippen molar-refractivity contribution in [1.82, 2.24) is 0 Å². The van der Waals surface area contributed by atoms with Crippen molar-refractivity contribution < 1.29 is 9.52 Å². The van der Waals surface area contributed by atoms with Gasteiger partial charge in [-0.25, -0.2) is 4.79 Å². The Morgan fingerprint density at radius 2 is 1.90 bits per heavy atom. The fourth-order valence-corrected chi connectivity index (χ4v) is 3.52. The van der Waals surface area contributed by atoms with Crippen LogP contribution in [0.2, 0.25) is 0 Å². The standard InChI is InChI=1S/C24H22N2O3/c1-15(12-17-8-4-3-5-9-17)20-14-21(23-22(27)13-16(2)29-24(23)28)26-19-11-7-6-10-18(19)25-20/h3-13,20,25,27H,14H2,1-2H3/b15-12+/t20-/m0/s1. The summed E-state index contributed by atoms with van der Waals surface area (Å²) in [6.45, 7) is 3.68. The van der Waals surface area contributed by atoms with Gasteiger partial charge in [-0.1, -0.05) is 54.1 Å². The third-order valence-electron chi connectivity index (χ3n) is 4.97. The number of rotatable bonds is 3. The van der Waals surface area contributed by atoms with E-state index in [4.69, 9.17) is 9.41 Å². The number of aliphatic imine (C=N–C) groups is 1. The highest BCUT2D eigenvalue weighted by atomic mass is 16.4. The Bertz CT molecular complexity index is 1160. The minimum atomic E-state index is -0.580. The summed E-state index contributed by atoms with van der Waals surface area (Å²) in [5.74, 6) is 0.251. The monoisotopic (exact) mass is 386 g/mol. The molecule has 1 aliphatic rings. The Hall–Kier alpha value is -3.60. The van der Waals surface area contributed by atoms with Gasteiger partial charge in [-0.3, -0.25) is 4.99 Å². The number of benzene rings is 2. The molecule has 0 radical (unpaired) electrons. The number of aromatic hydroxyl groups is 1. The van der Waals surface area contributed by atoms with E-state index in [0.717, 1.165) is 22.5 Å². The van der Waals surface area contributed by atoms with E-state index in [-0.39, 0.29) is 17.4 Å². The summed E-state index contributed by atoms with van der Waals surface area (Å²) in [7, 11) is 0. The fraction of sp³-hybridized carbons (Fsp3) is 0.167. The summed E-state index contributed by atoms with van der Waals surface area (Å²) in [6.07, 6.45) is 2.55. The molecule has 2 heterocycles. The normalized spacial score (nSPS) is 16.4. The van der Waals surface area contributed by atoms with Crippen LogP contribution in [0.4, 0.5) is 11.4 Å². The molecular formula is C24H22N2O3. The highest BCUT2D eigenvalue weighted by molar-refractivity contribution is 6.05. The molecule has 1 aliphatic heterocycles. The Morgan fingerprint density at radius 1 is 1.17 bits per heavy atom. The Morgan fingerprint density at radius 3 is 2.66 bits per heavy atom. The zero-order valence-electron chi connectivity index (χ0n) is 16.3. The Balaban J connectivity index is 1.81. The van der Waals surface area contributed by atoms with Gasteiger partial charge >= 0.3 is 5.63 Å². The summed E-state index contributed by atoms with van der Waals surface area (Å²) >= 11 is 0. The molecule has 2 N–H and O–H groups in total. The first-order chi connectivity index (χ1) is 14.0. The van der Waals surface area contributed by atoms with Crippen LogP contribution in [0, 0.1) is 6.92 Å². The lowest BCUT2D eigenvalue weighted by Crippen LogP contribution is -2.26. The van der Waals surface area contributed by atoms with Gasteiger partial charge in [0.25, 0.3) is 0 Å². The molecule has 1 aromatic heterocycles. The van der Waals surface area contributed by atoms with Gasteiger partial charge in [0.1, 0.15) is 17.1 Å². The predicted octanol–water partition coefficient (Wildman–Crippen LogP) is 5.06. The fourth-order valence-electron chi connectivity index (χ4n) is 3.52. The molecule has 0 spiro atoms. The molecule has 3 aromatic rings. The van der Waals surface area contributed by atoms with Crippen molar-refractivity contribution in [1.29, 1.82) is 0 Å². The number of hydrogen-bond acceptors (Lipinski definition) is 5. The third kappa shape index (κ3) is 3.99. The molecule has 5 nitrogen and oxygen atoms in total. The number of anilines is 1. The van der Waals surface area contributed by atoms with Crippen molar-refractivity contribution in [3.8, 4) is 5.75 Å². The van der Waals surface area contributed by atoms with E-state index in [9.17, 15) is 9.90 Å². The molecule has 0 aliphatic carbocycles. The lowest BCUT2D eigenvalue weighted by Gasteiger charge is -2.20. The van der Waals surface area contributed by atoms with Crippen LogP contribution >= 0.6 is 0 Å². The van der Waals surface area contributed by atoms with E-state index in [1.807, 2.05) is 61.5 Å². The molecule has 0 saturated carbocycles. The van der Waals surface area contributed by atoms with Crippen LogP contribution in [-0.2, 0) is 0 Å². The largest absolute Gasteiger partial charge is 0.507 e. The maximum atomic E-state index is 12.5. The lowest BCUT2D eigenvalue weighted by atomic mass is 9.97. The number of nitrogens with one attached hydrogen (secondary N) is 1. The van der Waals surface area contributed by atoms with Gasteiger partial charge < -0.3 is 14.8 Å². The first kappa shape index (κ1) is 18.7. The highest BCUT2D eigenvalue weighted by Crippen LogP contribution is 2.33. The Kier molecular flexibility index (Phi) is 5.04. The van der Waals surface area contributed by atoms with Crippen molar-refractivity contribution >= 4 is 23.2 Å². The molecule has 0 unspecified atom stereocenters. The zero-order valence-corrected chi connectivity index (χ0v) is 16.3. The topological polar surface area (TPSA) is 74.8 Å². The van der Waals surface area contributed by atoms with Crippen LogP contribution < -0.4 is 10.9 Å². The van der Waals surface area contributed by atoms with E-state index in [1.165, 1.54) is 6.07 Å². The summed E-state index contributed by atoms with van der Waals surface area (Å²) in [5.41, 5.74) is 3.83. The van der Waals surface area contributed by atoms with Crippen LogP contribution in [0.25, 0.3) is 6.08 Å². The summed E-state index contributed by atoms with van der Waals surface area (Å²) < 4.78 is 5.23. The predicted molar refractivity (Wildman–Crippen MR) is 116 cm³/mol. The zero-order chi connectivity index (χ0) is 20.4. The molecular weight excluding hydrogens is 364 g/mol. The molecule has 29 heavy (non-hydrogen) atoms. The Labute approximate surface area is 169 Å². The van der Waals surface area contributed by atoms with Gasteiger partial charge in [0.05, 0.1) is 23.1 Å². The molecule has 0 fully saturated rings. The van der Waals surface area contributed by atoms with Crippen molar-refractivity contribution in [2.75, 3.05) is 5.32 Å². The minimum Gasteiger partial charge on any atom is -0.507 e. The van der Waals surface area contributed by atoms with E-state index in [0.29, 0.717) is 17.9 Å². The number of para-hydroxylation sites is 2. The van der Waals surface area contributed by atoms with Crippen molar-refractivity contribution in [3.63, 3.8) is 0 Å². The van der Waals surface area contributed by atoms with Gasteiger partial charge in [0, 0.05) is 12.5 Å². The average molecular weight is 386 g/mol. The van der Waals surface area contributed by atoms with Gasteiger partial charge in [-0.15, -0.1) is 0 Å². The van der Waals surface area contributed by atoms with Crippen molar-refractivity contribution in [3.05, 3.63) is 93.5 Å². The van der Waals surface area contributed by atoms with Crippen LogP contribution in [0.3, 0.4) is 0 Å². The first-order valence-electron chi connectivity index (χ1n) is 9.52. The van der Waals surface area contributed by atoms with E-state index < -0.39 is 5.63 Å². The molecule has 5 heteroatoms. The molecule has 4 rings (SSSR count). The quantitative estimate of drug-likeness (QED) is 0.660. The van der Waals surface area contributed by atoms with E-state index in [1.54, 1.807) is 6.92 Å². The van der Waals surface area contributed by atoms with Gasteiger partial charge in [0.15, 0.2) is 0 Å². The SMILES string of the molecule is C/C(=C\c1ccccc1)[C@@H]1CC(c2c(O)cc(C)oc2=O)=Nc2ccccc2N1. The van der Waals surface area contributed by atoms with Gasteiger partial charge in [-0.05, 0) is 31.5 Å². The van der Waals surface area contributed by atoms with E-state index >= 15 is 0 Å². The number of nitrogens with zero attached hydrogens (tertiary/aromatic N) is 1. The maximum absolute atomic E-state index is 12.5. The average Bonchev–Trinajstić information content (AvgIpc) is 2.87. The number of fused-ring (bicyclic) bond motifs is 1. The third-order valence-corrected chi connectivity index (χ3v) is 4.97. The molecule has 2 aromatic carbocycles. The van der Waals surface area contributed by atoms with Crippen LogP contribution in [0.15, 0.2) is 80.4 Å². The minimum absolute atomic E-state index is 0.0993. The van der Waals surface area contributed by atoms with Crippen LogP contribution in [-0.4, -0.2) is 16.9 Å². The lowest BCUT2D eigenvalue weighted by molar-refractivity contribution is 0.432. The van der Waals surface area contributed by atoms with Crippen molar-refractivity contribution in [2.45, 2.75) is 26.3 Å². The summed E-state index contributed by atoms with van der Waals surface area (Å²) in [4.78, 5) is 17.2. The van der Waals surface area contributed by atoms with Gasteiger partial charge in [-0.2, -0.15) is 0 Å². The molecule has 0 bridgehead atoms. The van der Waals surface area contributed by atoms with Gasteiger partial charge in [0.2, 0.25) is 0 Å². The summed E-state index contributed by atoms with van der Waals surface area (Å²) in [5, 5.41) is 14.0. The maximum Gasteiger partial charge on any atom is 0.348 e. The molecule has 0 saturated heterocycles. The molecule has 146 valence electrons. The number of hydrogen-bond donors (Lipinski definition) is 2. The summed E-state index contributed by atoms with van der Waals surface area (Å²) in [6, 6.07) is 19.1. The smallest absolute Gasteiger partial charge is 0.348 e.